The maximum Gasteiger partial charge on any atom is 0.243 e. The van der Waals surface area contributed by atoms with Crippen LogP contribution in [-0.2, 0) is 4.79 Å². The van der Waals surface area contributed by atoms with Gasteiger partial charge in [0.2, 0.25) is 5.91 Å². The summed E-state index contributed by atoms with van der Waals surface area (Å²) in [6, 6.07) is 0. The summed E-state index contributed by atoms with van der Waals surface area (Å²) in [6.45, 7) is 3.08. The van der Waals surface area contributed by atoms with E-state index < -0.39 is 0 Å². The number of nitrogens with one attached hydrogen (secondary N) is 1. The van der Waals surface area contributed by atoms with Crippen LogP contribution in [0.4, 0.5) is 0 Å². The number of amides is 1. The number of carbonyl (C=O) groups excluding carboxylic acids is 1. The summed E-state index contributed by atoms with van der Waals surface area (Å²) in [6.07, 6.45) is 12.3. The van der Waals surface area contributed by atoms with E-state index in [1.54, 1.807) is 6.08 Å². The fourth-order valence-electron chi connectivity index (χ4n) is 2.13. The number of unbranched alkanes of at least 4 members (excludes halogenated alkanes) is 4. The lowest BCUT2D eigenvalue weighted by molar-refractivity contribution is -0.116. The van der Waals surface area contributed by atoms with Crippen LogP contribution in [0.3, 0.4) is 0 Å². The van der Waals surface area contributed by atoms with Crippen molar-refractivity contribution in [1.29, 1.82) is 0 Å². The Kier molecular flexibility index (Phi) is 9.09. The molecule has 0 aliphatic carbocycles. The van der Waals surface area contributed by atoms with Crippen LogP contribution in [0.25, 0.3) is 0 Å². The highest BCUT2D eigenvalue weighted by Gasteiger charge is 2.13. The van der Waals surface area contributed by atoms with Crippen molar-refractivity contribution in [1.82, 2.24) is 5.32 Å². The van der Waals surface area contributed by atoms with Gasteiger partial charge in [0.25, 0.3) is 0 Å². The molecule has 1 aliphatic rings. The van der Waals surface area contributed by atoms with Gasteiger partial charge in [-0.05, 0) is 49.2 Å². The van der Waals surface area contributed by atoms with Gasteiger partial charge in [0.1, 0.15) is 0 Å². The molecule has 3 heteroatoms. The summed E-state index contributed by atoms with van der Waals surface area (Å²) in [5.41, 5.74) is 0. The van der Waals surface area contributed by atoms with Crippen molar-refractivity contribution in [2.75, 3.05) is 18.1 Å². The van der Waals surface area contributed by atoms with E-state index >= 15 is 0 Å². The molecule has 1 rings (SSSR count). The molecule has 1 heterocycles. The molecule has 0 radical (unpaired) electrons. The molecular weight excluding hydrogens is 242 g/mol. The molecule has 0 saturated carbocycles. The number of rotatable bonds is 8. The van der Waals surface area contributed by atoms with Crippen LogP contribution in [0.2, 0.25) is 0 Å². The molecule has 0 bridgehead atoms. The number of carbonyl (C=O) groups is 1. The molecule has 0 aromatic heterocycles. The van der Waals surface area contributed by atoms with Gasteiger partial charge in [-0.15, -0.1) is 0 Å². The SMILES string of the molecule is CCCCCCC=CC(=O)NCC1CCSCC1. The van der Waals surface area contributed by atoms with Crippen molar-refractivity contribution >= 4 is 17.7 Å². The monoisotopic (exact) mass is 269 g/mol. The average molecular weight is 269 g/mol. The molecule has 1 fully saturated rings. The predicted octanol–water partition coefficient (Wildman–Crippen LogP) is 3.77. The van der Waals surface area contributed by atoms with Crippen molar-refractivity contribution in [3.8, 4) is 0 Å². The second-order valence-electron chi connectivity index (χ2n) is 5.05. The fourth-order valence-corrected chi connectivity index (χ4v) is 3.34. The molecular formula is C15H27NOS. The van der Waals surface area contributed by atoms with Crippen molar-refractivity contribution in [2.45, 2.75) is 51.9 Å². The lowest BCUT2D eigenvalue weighted by Gasteiger charge is -2.21. The minimum absolute atomic E-state index is 0.0868. The van der Waals surface area contributed by atoms with Gasteiger partial charge in [0.05, 0.1) is 0 Å². The van der Waals surface area contributed by atoms with Crippen molar-refractivity contribution in [3.05, 3.63) is 12.2 Å². The molecule has 1 N–H and O–H groups in total. The van der Waals surface area contributed by atoms with Gasteiger partial charge in [0.15, 0.2) is 0 Å². The average Bonchev–Trinajstić information content (AvgIpc) is 2.41. The molecule has 0 unspecified atom stereocenters. The Hall–Kier alpha value is -0.440. The molecule has 104 valence electrons. The maximum absolute atomic E-state index is 11.6. The highest BCUT2D eigenvalue weighted by atomic mass is 32.2. The Balaban J connectivity index is 2.00. The number of hydrogen-bond acceptors (Lipinski definition) is 2. The zero-order valence-electron chi connectivity index (χ0n) is 11.6. The van der Waals surface area contributed by atoms with Crippen LogP contribution < -0.4 is 5.32 Å². The van der Waals surface area contributed by atoms with Gasteiger partial charge in [-0.2, -0.15) is 11.8 Å². The molecule has 1 saturated heterocycles. The molecule has 0 aromatic rings. The molecule has 0 spiro atoms. The van der Waals surface area contributed by atoms with Crippen LogP contribution in [0, 0.1) is 5.92 Å². The summed E-state index contributed by atoms with van der Waals surface area (Å²) < 4.78 is 0. The molecule has 2 nitrogen and oxygen atoms in total. The smallest absolute Gasteiger partial charge is 0.243 e. The van der Waals surface area contributed by atoms with E-state index in [9.17, 15) is 4.79 Å². The van der Waals surface area contributed by atoms with Gasteiger partial charge in [-0.3, -0.25) is 4.79 Å². The van der Waals surface area contributed by atoms with E-state index in [1.807, 2.05) is 17.8 Å². The van der Waals surface area contributed by atoms with E-state index in [-0.39, 0.29) is 5.91 Å². The summed E-state index contributed by atoms with van der Waals surface area (Å²) in [7, 11) is 0. The molecule has 0 aromatic carbocycles. The van der Waals surface area contributed by atoms with E-state index in [2.05, 4.69) is 12.2 Å². The quantitative estimate of drug-likeness (QED) is 0.537. The van der Waals surface area contributed by atoms with Gasteiger partial charge < -0.3 is 5.32 Å². The van der Waals surface area contributed by atoms with Crippen molar-refractivity contribution < 1.29 is 4.79 Å². The Bertz CT molecular complexity index is 247. The van der Waals surface area contributed by atoms with Gasteiger partial charge in [-0.25, -0.2) is 0 Å². The Morgan fingerprint density at radius 1 is 1.28 bits per heavy atom. The molecule has 18 heavy (non-hydrogen) atoms. The second-order valence-corrected chi connectivity index (χ2v) is 6.28. The van der Waals surface area contributed by atoms with Gasteiger partial charge in [-0.1, -0.05) is 32.3 Å². The van der Waals surface area contributed by atoms with Crippen LogP contribution in [0.5, 0.6) is 0 Å². The first-order valence-corrected chi connectivity index (χ1v) is 8.50. The zero-order chi connectivity index (χ0) is 13.1. The third-order valence-electron chi connectivity index (χ3n) is 3.40. The van der Waals surface area contributed by atoms with E-state index in [0.717, 1.165) is 13.0 Å². The third-order valence-corrected chi connectivity index (χ3v) is 4.45. The normalized spacial score (nSPS) is 17.2. The van der Waals surface area contributed by atoms with Crippen LogP contribution in [0.1, 0.15) is 51.9 Å². The van der Waals surface area contributed by atoms with Gasteiger partial charge in [0, 0.05) is 6.54 Å². The largest absolute Gasteiger partial charge is 0.352 e. The summed E-state index contributed by atoms with van der Waals surface area (Å²) in [5, 5.41) is 3.02. The zero-order valence-corrected chi connectivity index (χ0v) is 12.4. The first-order chi connectivity index (χ1) is 8.83. The topological polar surface area (TPSA) is 29.1 Å². The Labute approximate surface area is 116 Å². The first-order valence-electron chi connectivity index (χ1n) is 7.35. The number of thioether (sulfide) groups is 1. The van der Waals surface area contributed by atoms with Crippen LogP contribution in [0.15, 0.2) is 12.2 Å². The molecule has 0 atom stereocenters. The second kappa shape index (κ2) is 10.5. The van der Waals surface area contributed by atoms with Crippen molar-refractivity contribution in [2.24, 2.45) is 5.92 Å². The molecule has 1 amide bonds. The number of hydrogen-bond donors (Lipinski definition) is 1. The summed E-state index contributed by atoms with van der Waals surface area (Å²) in [4.78, 5) is 11.6. The van der Waals surface area contributed by atoms with Crippen molar-refractivity contribution in [3.63, 3.8) is 0 Å². The minimum atomic E-state index is 0.0868. The highest BCUT2D eigenvalue weighted by molar-refractivity contribution is 7.99. The Morgan fingerprint density at radius 3 is 2.78 bits per heavy atom. The summed E-state index contributed by atoms with van der Waals surface area (Å²) >= 11 is 2.03. The van der Waals surface area contributed by atoms with Crippen LogP contribution in [-0.4, -0.2) is 24.0 Å². The third kappa shape index (κ3) is 7.80. The van der Waals surface area contributed by atoms with Crippen LogP contribution >= 0.6 is 11.8 Å². The standard InChI is InChI=1S/C15H27NOS/c1-2-3-4-5-6-7-8-15(17)16-13-14-9-11-18-12-10-14/h7-8,14H,2-6,9-13H2,1H3,(H,16,17). The van der Waals surface area contributed by atoms with Gasteiger partial charge >= 0.3 is 0 Å². The fraction of sp³-hybridized carbons (Fsp3) is 0.800. The summed E-state index contributed by atoms with van der Waals surface area (Å²) in [5.74, 6) is 3.30. The lowest BCUT2D eigenvalue weighted by atomic mass is 10.0. The van der Waals surface area contributed by atoms with E-state index in [0.29, 0.717) is 5.92 Å². The predicted molar refractivity (Wildman–Crippen MR) is 81.0 cm³/mol. The van der Waals surface area contributed by atoms with E-state index in [4.69, 9.17) is 0 Å². The maximum atomic E-state index is 11.6. The highest BCUT2D eigenvalue weighted by Crippen LogP contribution is 2.21. The van der Waals surface area contributed by atoms with E-state index in [1.165, 1.54) is 50.0 Å². The first kappa shape index (κ1) is 15.6. The number of allylic oxidation sites excluding steroid dienone is 1. The Morgan fingerprint density at radius 2 is 2.06 bits per heavy atom. The molecule has 1 aliphatic heterocycles. The minimum Gasteiger partial charge on any atom is -0.352 e. The lowest BCUT2D eigenvalue weighted by Crippen LogP contribution is -2.29.